The van der Waals surface area contributed by atoms with Crippen molar-refractivity contribution in [3.05, 3.63) is 205 Å². The number of para-hydroxylation sites is 3. The zero-order valence-electron chi connectivity index (χ0n) is 33.6. The highest BCUT2D eigenvalue weighted by molar-refractivity contribution is 6.28. The molecule has 0 saturated carbocycles. The zero-order valence-corrected chi connectivity index (χ0v) is 33.6. The fourth-order valence-corrected chi connectivity index (χ4v) is 11.1. The summed E-state index contributed by atoms with van der Waals surface area (Å²) in [5.74, 6) is 0. The van der Waals surface area contributed by atoms with Gasteiger partial charge in [-0.3, -0.25) is 0 Å². The summed E-state index contributed by atoms with van der Waals surface area (Å²) in [7, 11) is 0. The average molecular weight is 798 g/mol. The van der Waals surface area contributed by atoms with E-state index < -0.39 is 0 Å². The molecule has 0 amide bonds. The van der Waals surface area contributed by atoms with Crippen LogP contribution in [0.25, 0.3) is 131 Å². The average Bonchev–Trinajstić information content (AvgIpc) is 4.07. The van der Waals surface area contributed by atoms with E-state index in [9.17, 15) is 5.26 Å². The first-order chi connectivity index (χ1) is 31.2. The molecular weight excluding hydrogens is 767 g/mol. The largest absolute Gasteiger partial charge is 0.318 e. The molecule has 0 spiro atoms. The highest BCUT2D eigenvalue weighted by Gasteiger charge is 2.27. The fraction of sp³-hybridized carbons (Fsp3) is 0. The molecular formula is C58H31N5. The lowest BCUT2D eigenvalue weighted by Gasteiger charge is -2.17. The van der Waals surface area contributed by atoms with Crippen LogP contribution in [0.5, 0.6) is 0 Å². The molecule has 3 aromatic heterocycles. The lowest BCUT2D eigenvalue weighted by molar-refractivity contribution is 1.14. The van der Waals surface area contributed by atoms with Gasteiger partial charge in [0, 0.05) is 43.4 Å². The van der Waals surface area contributed by atoms with E-state index >= 15 is 0 Å². The van der Waals surface area contributed by atoms with Crippen molar-refractivity contribution < 1.29 is 0 Å². The maximum absolute atomic E-state index is 11.2. The molecule has 3 heterocycles. The molecule has 63 heavy (non-hydrogen) atoms. The Morgan fingerprint density at radius 1 is 0.397 bits per heavy atom. The number of nitrogens with zero attached hydrogens (tertiary/aromatic N) is 5. The van der Waals surface area contributed by atoms with Gasteiger partial charge in [-0.15, -0.1) is 0 Å². The lowest BCUT2D eigenvalue weighted by atomic mass is 9.99. The summed E-state index contributed by atoms with van der Waals surface area (Å²) < 4.78 is 6.78. The summed E-state index contributed by atoms with van der Waals surface area (Å²) >= 11 is 0. The van der Waals surface area contributed by atoms with E-state index in [0.717, 1.165) is 76.5 Å². The molecule has 5 heteroatoms. The van der Waals surface area contributed by atoms with Gasteiger partial charge in [0.25, 0.3) is 0 Å². The minimum absolute atomic E-state index is 0.468. The molecule has 0 saturated heterocycles. The van der Waals surface area contributed by atoms with Crippen LogP contribution < -0.4 is 0 Å². The Morgan fingerprint density at radius 2 is 0.984 bits per heavy atom. The van der Waals surface area contributed by atoms with Crippen LogP contribution in [0.15, 0.2) is 188 Å². The smallest absolute Gasteiger partial charge is 0.212 e. The van der Waals surface area contributed by atoms with Crippen LogP contribution in [0, 0.1) is 17.9 Å². The number of fused-ring (bicyclic) bond motifs is 15. The molecule has 0 aliphatic heterocycles. The molecule has 13 aromatic rings. The highest BCUT2D eigenvalue weighted by Crippen LogP contribution is 2.52. The van der Waals surface area contributed by atoms with Gasteiger partial charge in [-0.05, 0) is 99.1 Å². The molecule has 5 nitrogen and oxygen atoms in total. The third kappa shape index (κ3) is 4.37. The van der Waals surface area contributed by atoms with Crippen molar-refractivity contribution in [2.75, 3.05) is 0 Å². The van der Waals surface area contributed by atoms with Crippen molar-refractivity contribution in [1.82, 2.24) is 13.7 Å². The number of rotatable bonds is 3. The monoisotopic (exact) mass is 797 g/mol. The number of nitriles is 1. The Labute approximate surface area is 360 Å². The summed E-state index contributed by atoms with van der Waals surface area (Å²) in [6, 6.07) is 69.1. The third-order valence-corrected chi connectivity index (χ3v) is 13.6. The second-order valence-electron chi connectivity index (χ2n) is 16.6. The molecule has 0 fully saturated rings. The van der Waals surface area contributed by atoms with Gasteiger partial charge < -0.3 is 13.7 Å². The van der Waals surface area contributed by atoms with E-state index in [1.807, 2.05) is 12.1 Å². The normalized spacial score (nSPS) is 12.1. The number of hydrogen-bond donors (Lipinski definition) is 0. The standard InChI is InChI=1S/C58H31N5/c1-60-48-32-54(35(33-59)29-55(48)63-51-24-11-8-19-42(51)46-31-45-39-16-5-4-15-38(39)43-20-12-21-44(56(43)45)58(46)63)62-52-28-26-36(30-47(52)57-37-14-3-2-13-34(37)25-27-53(57)62)61-49-22-9-6-17-40(49)41-18-7-10-23-50(41)61/h2-32H. The van der Waals surface area contributed by atoms with Gasteiger partial charge in [-0.2, -0.15) is 5.26 Å². The predicted octanol–water partition coefficient (Wildman–Crippen LogP) is 15.4. The SMILES string of the molecule is [C-]#[N+]c1cc(-n2c3ccc(-n4c5ccccc5c5ccccc54)cc3c3c4ccccc4ccc32)c(C#N)cc1-n1c2ccccc2c2cc3c4c(cccc4c21)-c1ccccc1-3. The van der Waals surface area contributed by atoms with E-state index in [1.54, 1.807) is 0 Å². The van der Waals surface area contributed by atoms with E-state index in [1.165, 1.54) is 38.4 Å². The van der Waals surface area contributed by atoms with Crippen LogP contribution in [0.4, 0.5) is 5.69 Å². The molecule has 0 unspecified atom stereocenters. The van der Waals surface area contributed by atoms with E-state index in [2.05, 4.69) is 201 Å². The highest BCUT2D eigenvalue weighted by atomic mass is 15.0. The van der Waals surface area contributed by atoms with Crippen molar-refractivity contribution in [2.24, 2.45) is 0 Å². The number of hydrogen-bond acceptors (Lipinski definition) is 1. The molecule has 1 aliphatic carbocycles. The van der Waals surface area contributed by atoms with Crippen molar-refractivity contribution in [1.29, 1.82) is 5.26 Å². The quantitative estimate of drug-likeness (QED) is 0.164. The second kappa shape index (κ2) is 12.3. The Kier molecular flexibility index (Phi) is 6.63. The van der Waals surface area contributed by atoms with Crippen LogP contribution >= 0.6 is 0 Å². The molecule has 0 atom stereocenters. The predicted molar refractivity (Wildman–Crippen MR) is 260 cm³/mol. The molecule has 288 valence electrons. The summed E-state index contributed by atoms with van der Waals surface area (Å²) in [6.45, 7) is 8.77. The van der Waals surface area contributed by atoms with E-state index in [4.69, 9.17) is 6.57 Å². The molecule has 14 rings (SSSR count). The summed E-state index contributed by atoms with van der Waals surface area (Å²) in [4.78, 5) is 4.26. The summed E-state index contributed by atoms with van der Waals surface area (Å²) in [6.07, 6.45) is 0. The van der Waals surface area contributed by atoms with Gasteiger partial charge in [0.1, 0.15) is 6.07 Å². The topological polar surface area (TPSA) is 42.9 Å². The van der Waals surface area contributed by atoms with Gasteiger partial charge in [-0.1, -0.05) is 127 Å². The van der Waals surface area contributed by atoms with Crippen molar-refractivity contribution in [3.63, 3.8) is 0 Å². The van der Waals surface area contributed by atoms with Gasteiger partial charge in [0.15, 0.2) is 0 Å². The van der Waals surface area contributed by atoms with Gasteiger partial charge in [0.05, 0.1) is 56.6 Å². The second-order valence-corrected chi connectivity index (χ2v) is 16.6. The van der Waals surface area contributed by atoms with Gasteiger partial charge in [0.2, 0.25) is 5.69 Å². The molecule has 10 aromatic carbocycles. The van der Waals surface area contributed by atoms with Crippen LogP contribution in [-0.4, -0.2) is 13.7 Å². The zero-order chi connectivity index (χ0) is 41.5. The van der Waals surface area contributed by atoms with Crippen LogP contribution in [0.2, 0.25) is 0 Å². The lowest BCUT2D eigenvalue weighted by Crippen LogP contribution is -2.02. The third-order valence-electron chi connectivity index (χ3n) is 13.6. The Bertz CT molecular complexity index is 4240. The molecule has 0 bridgehead atoms. The van der Waals surface area contributed by atoms with Crippen molar-refractivity contribution in [2.45, 2.75) is 0 Å². The van der Waals surface area contributed by atoms with Crippen LogP contribution in [-0.2, 0) is 0 Å². The first-order valence-corrected chi connectivity index (χ1v) is 21.2. The summed E-state index contributed by atoms with van der Waals surface area (Å²) in [5.41, 5.74) is 14.6. The number of benzene rings is 10. The van der Waals surface area contributed by atoms with E-state index in [0.29, 0.717) is 22.6 Å². The Balaban J connectivity index is 1.06. The first kappa shape index (κ1) is 33.9. The molecule has 1 aliphatic rings. The van der Waals surface area contributed by atoms with Crippen molar-refractivity contribution >= 4 is 92.6 Å². The molecule has 0 N–H and O–H groups in total. The Hall–Kier alpha value is -8.90. The van der Waals surface area contributed by atoms with Crippen LogP contribution in [0.3, 0.4) is 0 Å². The number of aromatic nitrogens is 3. The van der Waals surface area contributed by atoms with Crippen molar-refractivity contribution in [3.8, 4) is 45.4 Å². The Morgan fingerprint density at radius 3 is 1.71 bits per heavy atom. The maximum Gasteiger partial charge on any atom is 0.212 e. The molecule has 0 radical (unpaired) electrons. The van der Waals surface area contributed by atoms with E-state index in [-0.39, 0.29) is 0 Å². The van der Waals surface area contributed by atoms with Gasteiger partial charge >= 0.3 is 0 Å². The maximum atomic E-state index is 11.2. The first-order valence-electron chi connectivity index (χ1n) is 21.2. The van der Waals surface area contributed by atoms with Crippen LogP contribution in [0.1, 0.15) is 5.56 Å². The fourth-order valence-electron chi connectivity index (χ4n) is 11.1. The minimum Gasteiger partial charge on any atom is -0.318 e. The minimum atomic E-state index is 0.468. The summed E-state index contributed by atoms with van der Waals surface area (Å²) in [5, 5.41) is 22.7. The van der Waals surface area contributed by atoms with Gasteiger partial charge in [-0.25, -0.2) is 4.85 Å².